The summed E-state index contributed by atoms with van der Waals surface area (Å²) in [5.74, 6) is 0.0641. The van der Waals surface area contributed by atoms with Gasteiger partial charge in [0.2, 0.25) is 5.91 Å². The molecule has 1 saturated heterocycles. The first-order valence-corrected chi connectivity index (χ1v) is 7.73. The zero-order valence-corrected chi connectivity index (χ0v) is 13.6. The second-order valence-corrected chi connectivity index (χ2v) is 6.53. The fraction of sp³-hybridized carbons (Fsp3) is 0.562. The van der Waals surface area contributed by atoms with Gasteiger partial charge in [-0.2, -0.15) is 0 Å². The molecule has 0 saturated carbocycles. The van der Waals surface area contributed by atoms with Gasteiger partial charge in [0.15, 0.2) is 0 Å². The first-order valence-electron chi connectivity index (χ1n) is 7.36. The van der Waals surface area contributed by atoms with Gasteiger partial charge in [0.25, 0.3) is 0 Å². The molecular weight excluding hydrogens is 288 g/mol. The number of rotatable bonds is 5. The molecule has 2 rings (SSSR count). The van der Waals surface area contributed by atoms with E-state index in [-0.39, 0.29) is 11.9 Å². The molecule has 0 aliphatic carbocycles. The first kappa shape index (κ1) is 16.3. The van der Waals surface area contributed by atoms with Crippen LogP contribution in [0.4, 0.5) is 5.69 Å². The zero-order valence-electron chi connectivity index (χ0n) is 12.8. The van der Waals surface area contributed by atoms with Gasteiger partial charge >= 0.3 is 0 Å². The van der Waals surface area contributed by atoms with Crippen LogP contribution in [0.25, 0.3) is 0 Å². The summed E-state index contributed by atoms with van der Waals surface area (Å²) in [7, 11) is 0. The Kier molecular flexibility index (Phi) is 4.91. The van der Waals surface area contributed by atoms with Crippen LogP contribution in [-0.2, 0) is 4.79 Å². The minimum absolute atomic E-state index is 0.0641. The molecule has 116 valence electrons. The van der Waals surface area contributed by atoms with E-state index in [4.69, 9.17) is 11.6 Å². The molecule has 1 aliphatic rings. The van der Waals surface area contributed by atoms with Gasteiger partial charge in [-0.1, -0.05) is 30.7 Å². The molecule has 1 N–H and O–H groups in total. The van der Waals surface area contributed by atoms with Gasteiger partial charge in [0, 0.05) is 13.1 Å². The highest BCUT2D eigenvalue weighted by Crippen LogP contribution is 2.30. The molecule has 1 fully saturated rings. The Morgan fingerprint density at radius 1 is 1.43 bits per heavy atom. The Morgan fingerprint density at radius 2 is 2.10 bits per heavy atom. The van der Waals surface area contributed by atoms with Gasteiger partial charge in [0.05, 0.1) is 22.4 Å². The predicted octanol–water partition coefficient (Wildman–Crippen LogP) is 2.54. The summed E-state index contributed by atoms with van der Waals surface area (Å²) in [4.78, 5) is 16.5. The number of amides is 1. The zero-order chi connectivity index (χ0) is 15.6. The molecule has 1 amide bonds. The molecule has 4 nitrogen and oxygen atoms in total. The number of anilines is 1. The fourth-order valence-corrected chi connectivity index (χ4v) is 3.09. The molecule has 0 aromatic heterocycles. The highest BCUT2D eigenvalue weighted by Gasteiger charge is 2.38. The third-order valence-corrected chi connectivity index (χ3v) is 4.08. The van der Waals surface area contributed by atoms with Crippen molar-refractivity contribution >= 4 is 23.2 Å². The summed E-state index contributed by atoms with van der Waals surface area (Å²) >= 11 is 6.19. The van der Waals surface area contributed by atoms with Crippen LogP contribution in [0, 0.1) is 0 Å². The van der Waals surface area contributed by atoms with E-state index < -0.39 is 5.60 Å². The Labute approximate surface area is 131 Å². The summed E-state index contributed by atoms with van der Waals surface area (Å²) < 4.78 is 0. The van der Waals surface area contributed by atoms with E-state index in [1.54, 1.807) is 24.8 Å². The van der Waals surface area contributed by atoms with E-state index in [1.165, 1.54) is 0 Å². The molecule has 1 aromatic carbocycles. The number of hydrogen-bond donors (Lipinski definition) is 1. The maximum Gasteiger partial charge on any atom is 0.244 e. The minimum Gasteiger partial charge on any atom is -0.389 e. The van der Waals surface area contributed by atoms with Gasteiger partial charge in [-0.05, 0) is 38.9 Å². The van der Waals surface area contributed by atoms with Crippen LogP contribution < -0.4 is 4.90 Å². The Bertz CT molecular complexity index is 513. The maximum absolute atomic E-state index is 12.7. The second kappa shape index (κ2) is 6.34. The average molecular weight is 311 g/mol. The van der Waals surface area contributed by atoms with E-state index in [2.05, 4.69) is 0 Å². The highest BCUT2D eigenvalue weighted by atomic mass is 35.5. The molecule has 1 heterocycles. The molecule has 1 unspecified atom stereocenters. The lowest BCUT2D eigenvalue weighted by Gasteiger charge is -2.31. The topological polar surface area (TPSA) is 43.8 Å². The number of carbonyl (C=O) groups excluding carboxylic acids is 1. The van der Waals surface area contributed by atoms with Crippen molar-refractivity contribution in [3.8, 4) is 0 Å². The molecule has 0 radical (unpaired) electrons. The quantitative estimate of drug-likeness (QED) is 0.909. The van der Waals surface area contributed by atoms with Crippen LogP contribution in [0.15, 0.2) is 24.3 Å². The fourth-order valence-electron chi connectivity index (χ4n) is 2.85. The van der Waals surface area contributed by atoms with E-state index in [9.17, 15) is 9.90 Å². The van der Waals surface area contributed by atoms with Gasteiger partial charge < -0.3 is 10.0 Å². The third kappa shape index (κ3) is 3.76. The van der Waals surface area contributed by atoms with Crippen molar-refractivity contribution in [2.45, 2.75) is 38.8 Å². The smallest absolute Gasteiger partial charge is 0.244 e. The molecule has 1 aliphatic heterocycles. The van der Waals surface area contributed by atoms with Crippen molar-refractivity contribution in [3.05, 3.63) is 29.3 Å². The molecule has 5 heteroatoms. The molecule has 21 heavy (non-hydrogen) atoms. The molecular formula is C16H23ClN2O2. The lowest BCUT2D eigenvalue weighted by Crippen LogP contribution is -2.47. The van der Waals surface area contributed by atoms with E-state index in [0.717, 1.165) is 18.7 Å². The minimum atomic E-state index is -0.811. The van der Waals surface area contributed by atoms with Crippen molar-refractivity contribution in [1.82, 2.24) is 4.90 Å². The molecule has 0 spiro atoms. The number of hydrogen-bond acceptors (Lipinski definition) is 3. The normalized spacial score (nSPS) is 19.6. The Hall–Kier alpha value is -1.10. The summed E-state index contributed by atoms with van der Waals surface area (Å²) in [6.45, 7) is 7.42. The van der Waals surface area contributed by atoms with E-state index >= 15 is 0 Å². The van der Waals surface area contributed by atoms with Crippen molar-refractivity contribution in [2.24, 2.45) is 0 Å². The van der Waals surface area contributed by atoms with Crippen molar-refractivity contribution in [2.75, 3.05) is 24.5 Å². The number of likely N-dealkylation sites (N-methyl/N-ethyl adjacent to an activating group) is 1. The van der Waals surface area contributed by atoms with E-state index in [1.807, 2.05) is 30.0 Å². The number of benzene rings is 1. The Morgan fingerprint density at radius 3 is 2.67 bits per heavy atom. The average Bonchev–Trinajstić information content (AvgIpc) is 2.77. The van der Waals surface area contributed by atoms with Crippen LogP contribution >= 0.6 is 11.6 Å². The van der Waals surface area contributed by atoms with Crippen LogP contribution in [-0.4, -0.2) is 47.2 Å². The van der Waals surface area contributed by atoms with Crippen molar-refractivity contribution < 1.29 is 9.90 Å². The van der Waals surface area contributed by atoms with E-state index in [0.29, 0.717) is 18.1 Å². The van der Waals surface area contributed by atoms with Crippen LogP contribution in [0.1, 0.15) is 27.2 Å². The van der Waals surface area contributed by atoms with Crippen molar-refractivity contribution in [3.63, 3.8) is 0 Å². The number of carbonyl (C=O) groups is 1. The van der Waals surface area contributed by atoms with Crippen molar-refractivity contribution in [1.29, 1.82) is 0 Å². The highest BCUT2D eigenvalue weighted by molar-refractivity contribution is 6.33. The SMILES string of the molecule is CCN(CC(C)(C)O)C1CCN(c2ccccc2Cl)C1=O. The second-order valence-electron chi connectivity index (χ2n) is 6.12. The molecule has 1 atom stereocenters. The van der Waals surface area contributed by atoms with Gasteiger partial charge in [-0.25, -0.2) is 0 Å². The Balaban J connectivity index is 2.16. The lowest BCUT2D eigenvalue weighted by atomic mass is 10.1. The molecule has 0 bridgehead atoms. The summed E-state index contributed by atoms with van der Waals surface area (Å²) in [6.07, 6.45) is 0.758. The number of aliphatic hydroxyl groups is 1. The standard InChI is InChI=1S/C16H23ClN2O2/c1-4-18(11-16(2,3)21)14-9-10-19(15(14)20)13-8-6-5-7-12(13)17/h5-8,14,21H,4,9-11H2,1-3H3. The lowest BCUT2D eigenvalue weighted by molar-refractivity contribution is -0.122. The molecule has 1 aromatic rings. The van der Waals surface area contributed by atoms with Crippen LogP contribution in [0.2, 0.25) is 5.02 Å². The van der Waals surface area contributed by atoms with Crippen LogP contribution in [0.3, 0.4) is 0 Å². The third-order valence-electron chi connectivity index (χ3n) is 3.76. The summed E-state index contributed by atoms with van der Waals surface area (Å²) in [5, 5.41) is 10.6. The van der Waals surface area contributed by atoms with Gasteiger partial charge in [-0.3, -0.25) is 9.69 Å². The number of nitrogens with zero attached hydrogens (tertiary/aromatic N) is 2. The summed E-state index contributed by atoms with van der Waals surface area (Å²) in [6, 6.07) is 7.23. The van der Waals surface area contributed by atoms with Gasteiger partial charge in [-0.15, -0.1) is 0 Å². The maximum atomic E-state index is 12.7. The number of para-hydroxylation sites is 1. The number of halogens is 1. The van der Waals surface area contributed by atoms with Gasteiger partial charge in [0.1, 0.15) is 0 Å². The largest absolute Gasteiger partial charge is 0.389 e. The van der Waals surface area contributed by atoms with Crippen LogP contribution in [0.5, 0.6) is 0 Å². The first-order chi connectivity index (χ1) is 9.83. The monoisotopic (exact) mass is 310 g/mol. The predicted molar refractivity (Wildman–Crippen MR) is 85.8 cm³/mol. The summed E-state index contributed by atoms with van der Waals surface area (Å²) in [5.41, 5.74) is -0.0420.